The fraction of sp³-hybridized carbons (Fsp3) is 0.167. The van der Waals surface area contributed by atoms with Gasteiger partial charge >= 0.3 is 0 Å². The molecular weight excluding hydrogens is 239 g/mol. The van der Waals surface area contributed by atoms with E-state index in [1.54, 1.807) is 6.92 Å². The third-order valence-corrected chi connectivity index (χ3v) is 2.33. The van der Waals surface area contributed by atoms with Crippen molar-refractivity contribution in [2.75, 3.05) is 7.11 Å². The molecule has 0 saturated carbocycles. The highest BCUT2D eigenvalue weighted by atomic mass is 19.1. The number of ether oxygens (including phenoxy) is 2. The zero-order valence-corrected chi connectivity index (χ0v) is 9.86. The van der Waals surface area contributed by atoms with Crippen molar-refractivity contribution in [2.24, 2.45) is 0 Å². The first-order chi connectivity index (χ1) is 8.61. The van der Waals surface area contributed by atoms with Gasteiger partial charge in [0, 0.05) is 0 Å². The van der Waals surface area contributed by atoms with E-state index in [0.717, 1.165) is 0 Å². The first-order valence-corrected chi connectivity index (χ1v) is 5.17. The van der Waals surface area contributed by atoms with Crippen LogP contribution in [0.25, 0.3) is 0 Å². The Kier molecular flexibility index (Phi) is 3.27. The summed E-state index contributed by atoms with van der Waals surface area (Å²) >= 11 is 0. The van der Waals surface area contributed by atoms with Crippen molar-refractivity contribution in [2.45, 2.75) is 6.92 Å². The molecule has 0 spiro atoms. The van der Waals surface area contributed by atoms with Gasteiger partial charge in [0.15, 0.2) is 0 Å². The van der Waals surface area contributed by atoms with Crippen LogP contribution in [0.3, 0.4) is 0 Å². The van der Waals surface area contributed by atoms with Gasteiger partial charge in [-0.25, -0.2) is 9.37 Å². The van der Waals surface area contributed by atoms with Gasteiger partial charge in [0.05, 0.1) is 13.4 Å². The summed E-state index contributed by atoms with van der Waals surface area (Å²) in [7, 11) is 1.34. The number of benzene rings is 1. The van der Waals surface area contributed by atoms with Crippen LogP contribution in [0.1, 0.15) is 5.56 Å². The third kappa shape index (κ3) is 2.32. The van der Waals surface area contributed by atoms with Gasteiger partial charge in [-0.1, -0.05) is 0 Å². The van der Waals surface area contributed by atoms with Crippen LogP contribution in [0.5, 0.6) is 17.4 Å². The van der Waals surface area contributed by atoms with Crippen molar-refractivity contribution >= 4 is 0 Å². The molecule has 94 valence electrons. The molecule has 5 nitrogen and oxygen atoms in total. The third-order valence-electron chi connectivity index (χ3n) is 2.33. The van der Waals surface area contributed by atoms with E-state index in [9.17, 15) is 9.18 Å². The minimum Gasteiger partial charge on any atom is -0.487 e. The highest BCUT2D eigenvalue weighted by Crippen LogP contribution is 2.26. The minimum absolute atomic E-state index is 0.0283. The van der Waals surface area contributed by atoms with Crippen LogP contribution in [0.15, 0.2) is 29.3 Å². The number of nitrogens with zero attached hydrogens (tertiary/aromatic N) is 1. The van der Waals surface area contributed by atoms with E-state index in [2.05, 4.69) is 9.97 Å². The number of aryl methyl sites for hydroxylation is 1. The van der Waals surface area contributed by atoms with Crippen molar-refractivity contribution in [3.8, 4) is 17.4 Å². The van der Waals surface area contributed by atoms with E-state index < -0.39 is 5.56 Å². The smallest absolute Gasteiger partial charge is 0.297 e. The molecule has 0 fully saturated rings. The van der Waals surface area contributed by atoms with Crippen LogP contribution in [0.4, 0.5) is 4.39 Å². The standard InChI is InChI=1S/C12H11FN2O3/c1-7-5-8(3-4-9(7)13)18-12-10(17-2)11(16)14-6-15-12/h3-6H,1-2H3,(H,14,15,16). The molecule has 0 bridgehead atoms. The van der Waals surface area contributed by atoms with Crippen LogP contribution in [-0.2, 0) is 0 Å². The predicted molar refractivity (Wildman–Crippen MR) is 62.6 cm³/mol. The Morgan fingerprint density at radius 3 is 2.83 bits per heavy atom. The minimum atomic E-state index is -0.443. The molecular formula is C12H11FN2O3. The molecule has 1 N–H and O–H groups in total. The summed E-state index contributed by atoms with van der Waals surface area (Å²) in [6.07, 6.45) is 1.20. The Morgan fingerprint density at radius 2 is 2.17 bits per heavy atom. The summed E-state index contributed by atoms with van der Waals surface area (Å²) in [6.45, 7) is 1.62. The van der Waals surface area contributed by atoms with Crippen LogP contribution < -0.4 is 15.0 Å². The Hall–Kier alpha value is -2.37. The van der Waals surface area contributed by atoms with Crippen molar-refractivity contribution in [3.05, 3.63) is 46.3 Å². The lowest BCUT2D eigenvalue weighted by atomic mass is 10.2. The Bertz CT molecular complexity index is 625. The number of methoxy groups -OCH3 is 1. The number of hydrogen-bond donors (Lipinski definition) is 1. The number of aromatic nitrogens is 2. The molecule has 2 rings (SSSR count). The van der Waals surface area contributed by atoms with Crippen molar-refractivity contribution in [3.63, 3.8) is 0 Å². The second kappa shape index (κ2) is 4.87. The average molecular weight is 250 g/mol. The van der Waals surface area contributed by atoms with E-state index in [0.29, 0.717) is 11.3 Å². The van der Waals surface area contributed by atoms with Crippen molar-refractivity contribution in [1.29, 1.82) is 0 Å². The van der Waals surface area contributed by atoms with Gasteiger partial charge < -0.3 is 14.5 Å². The monoisotopic (exact) mass is 250 g/mol. The second-order valence-electron chi connectivity index (χ2n) is 3.58. The van der Waals surface area contributed by atoms with E-state index in [1.165, 1.54) is 31.6 Å². The normalized spacial score (nSPS) is 10.2. The maximum atomic E-state index is 13.1. The lowest BCUT2D eigenvalue weighted by Crippen LogP contribution is -2.10. The van der Waals surface area contributed by atoms with E-state index >= 15 is 0 Å². The van der Waals surface area contributed by atoms with Gasteiger partial charge in [0.2, 0.25) is 5.75 Å². The topological polar surface area (TPSA) is 64.2 Å². The molecule has 0 saturated heterocycles. The van der Waals surface area contributed by atoms with Crippen molar-refractivity contribution in [1.82, 2.24) is 9.97 Å². The van der Waals surface area contributed by atoms with E-state index in [1.807, 2.05) is 0 Å². The molecule has 0 atom stereocenters. The predicted octanol–water partition coefficient (Wildman–Crippen LogP) is 2.02. The Morgan fingerprint density at radius 1 is 1.39 bits per heavy atom. The molecule has 0 aliphatic carbocycles. The lowest BCUT2D eigenvalue weighted by Gasteiger charge is -2.08. The van der Waals surface area contributed by atoms with Crippen LogP contribution in [0.2, 0.25) is 0 Å². The number of nitrogens with one attached hydrogen (secondary N) is 1. The maximum Gasteiger partial charge on any atom is 0.297 e. The number of hydrogen-bond acceptors (Lipinski definition) is 4. The Labute approximate surface area is 102 Å². The number of H-pyrrole nitrogens is 1. The molecule has 2 aromatic rings. The second-order valence-corrected chi connectivity index (χ2v) is 3.58. The van der Waals surface area contributed by atoms with Gasteiger partial charge in [0.25, 0.3) is 11.4 Å². The molecule has 1 aromatic heterocycles. The fourth-order valence-corrected chi connectivity index (χ4v) is 1.42. The SMILES string of the molecule is COc1c(Oc2ccc(F)c(C)c2)nc[nH]c1=O. The Balaban J connectivity index is 2.37. The summed E-state index contributed by atoms with van der Waals surface area (Å²) in [5.41, 5.74) is -0.00218. The fourth-order valence-electron chi connectivity index (χ4n) is 1.42. The van der Waals surface area contributed by atoms with E-state index in [4.69, 9.17) is 9.47 Å². The summed E-state index contributed by atoms with van der Waals surface area (Å²) < 4.78 is 23.4. The summed E-state index contributed by atoms with van der Waals surface area (Å²) in [4.78, 5) is 17.6. The molecule has 0 unspecified atom stereocenters. The molecule has 6 heteroatoms. The first kappa shape index (κ1) is 12.1. The molecule has 18 heavy (non-hydrogen) atoms. The molecule has 0 radical (unpaired) electrons. The number of aromatic amines is 1. The van der Waals surface area contributed by atoms with Gasteiger partial charge in [-0.2, -0.15) is 0 Å². The molecule has 1 aromatic carbocycles. The summed E-state index contributed by atoms with van der Waals surface area (Å²) in [6, 6.07) is 4.24. The maximum absolute atomic E-state index is 13.1. The lowest BCUT2D eigenvalue weighted by molar-refractivity contribution is 0.362. The van der Waals surface area contributed by atoms with Gasteiger partial charge in [-0.15, -0.1) is 0 Å². The van der Waals surface area contributed by atoms with Gasteiger partial charge in [0.1, 0.15) is 11.6 Å². The van der Waals surface area contributed by atoms with Gasteiger partial charge in [-0.3, -0.25) is 4.79 Å². The summed E-state index contributed by atoms with van der Waals surface area (Å²) in [5, 5.41) is 0. The molecule has 0 aliphatic rings. The molecule has 0 amide bonds. The summed E-state index contributed by atoms with van der Waals surface area (Å²) in [5.74, 6) is 0.0604. The van der Waals surface area contributed by atoms with Crippen LogP contribution >= 0.6 is 0 Å². The van der Waals surface area contributed by atoms with Crippen molar-refractivity contribution < 1.29 is 13.9 Å². The average Bonchev–Trinajstić information content (AvgIpc) is 2.34. The highest BCUT2D eigenvalue weighted by Gasteiger charge is 2.11. The zero-order valence-electron chi connectivity index (χ0n) is 9.86. The van der Waals surface area contributed by atoms with Gasteiger partial charge in [-0.05, 0) is 30.7 Å². The zero-order chi connectivity index (χ0) is 13.1. The largest absolute Gasteiger partial charge is 0.487 e. The number of halogens is 1. The quantitative estimate of drug-likeness (QED) is 0.905. The van der Waals surface area contributed by atoms with E-state index in [-0.39, 0.29) is 17.4 Å². The number of rotatable bonds is 3. The van der Waals surface area contributed by atoms with Crippen LogP contribution in [-0.4, -0.2) is 17.1 Å². The molecule has 1 heterocycles. The van der Waals surface area contributed by atoms with Crippen LogP contribution in [0, 0.1) is 12.7 Å². The molecule has 0 aliphatic heterocycles. The first-order valence-electron chi connectivity index (χ1n) is 5.17. The highest BCUT2D eigenvalue weighted by molar-refractivity contribution is 5.36.